The Hall–Kier alpha value is -2.38. The van der Waals surface area contributed by atoms with E-state index in [9.17, 15) is 13.2 Å². The van der Waals surface area contributed by atoms with Gasteiger partial charge in [-0.15, -0.1) is 0 Å². The van der Waals surface area contributed by atoms with Crippen molar-refractivity contribution in [1.82, 2.24) is 4.31 Å². The zero-order chi connectivity index (χ0) is 23.4. The van der Waals surface area contributed by atoms with E-state index in [2.05, 4.69) is 19.2 Å². The fraction of sp³-hybridized carbons (Fsp3) is 0.500. The van der Waals surface area contributed by atoms with Crippen LogP contribution in [0.1, 0.15) is 63.9 Å². The van der Waals surface area contributed by atoms with Gasteiger partial charge in [-0.1, -0.05) is 38.1 Å². The number of carbonyl (C=O) groups is 1. The Morgan fingerprint density at radius 3 is 2.24 bits per heavy atom. The van der Waals surface area contributed by atoms with E-state index in [1.165, 1.54) is 17.1 Å². The van der Waals surface area contributed by atoms with Crippen LogP contribution in [0, 0.1) is 5.92 Å². The maximum absolute atomic E-state index is 13.1. The molecule has 0 bridgehead atoms. The second-order valence-electron chi connectivity index (χ2n) is 9.41. The van der Waals surface area contributed by atoms with Crippen molar-refractivity contribution in [3.63, 3.8) is 0 Å². The van der Waals surface area contributed by atoms with Crippen molar-refractivity contribution >= 4 is 21.6 Å². The van der Waals surface area contributed by atoms with Crippen LogP contribution < -0.4 is 10.1 Å². The Bertz CT molecular complexity index is 1050. The van der Waals surface area contributed by atoms with E-state index in [0.717, 1.165) is 18.4 Å². The molecule has 2 aromatic rings. The Morgan fingerprint density at radius 1 is 0.970 bits per heavy atom. The van der Waals surface area contributed by atoms with Gasteiger partial charge in [0.2, 0.25) is 15.9 Å². The largest absolute Gasteiger partial charge is 0.488 e. The van der Waals surface area contributed by atoms with Crippen molar-refractivity contribution in [1.29, 1.82) is 0 Å². The van der Waals surface area contributed by atoms with Crippen molar-refractivity contribution < 1.29 is 17.9 Å². The number of amides is 1. The Balaban J connectivity index is 1.35. The normalized spacial score (nSPS) is 18.5. The molecule has 1 saturated carbocycles. The van der Waals surface area contributed by atoms with E-state index in [1.807, 2.05) is 36.4 Å². The maximum atomic E-state index is 13.1. The molecule has 0 radical (unpaired) electrons. The number of rotatable bonds is 7. The van der Waals surface area contributed by atoms with E-state index in [-0.39, 0.29) is 17.9 Å². The highest BCUT2D eigenvalue weighted by atomic mass is 32.2. The predicted molar refractivity (Wildman–Crippen MR) is 130 cm³/mol. The van der Waals surface area contributed by atoms with Crippen LogP contribution in [-0.2, 0) is 14.8 Å². The Kier molecular flexibility index (Phi) is 7.39. The van der Waals surface area contributed by atoms with Gasteiger partial charge in [-0.05, 0) is 74.3 Å². The predicted octanol–water partition coefficient (Wildman–Crippen LogP) is 5.17. The molecule has 0 atom stereocenters. The van der Waals surface area contributed by atoms with Crippen molar-refractivity contribution in [2.24, 2.45) is 5.92 Å². The highest BCUT2D eigenvalue weighted by molar-refractivity contribution is 7.89. The first-order valence-electron chi connectivity index (χ1n) is 12.0. The number of nitrogens with zero attached hydrogens (tertiary/aromatic N) is 1. The second kappa shape index (κ2) is 10.3. The molecule has 2 aliphatic rings. The lowest BCUT2D eigenvalue weighted by atomic mass is 9.97. The van der Waals surface area contributed by atoms with Crippen LogP contribution in [0.4, 0.5) is 5.69 Å². The van der Waals surface area contributed by atoms with E-state index in [4.69, 9.17) is 4.74 Å². The minimum absolute atomic E-state index is 0.0733. The third-order valence-corrected chi connectivity index (χ3v) is 8.66. The molecule has 0 aromatic heterocycles. The van der Waals surface area contributed by atoms with Gasteiger partial charge >= 0.3 is 0 Å². The quantitative estimate of drug-likeness (QED) is 0.606. The van der Waals surface area contributed by atoms with Gasteiger partial charge in [-0.25, -0.2) is 8.42 Å². The molecule has 1 saturated heterocycles. The monoisotopic (exact) mass is 470 g/mol. The number of benzene rings is 2. The average molecular weight is 471 g/mol. The smallest absolute Gasteiger partial charge is 0.243 e. The van der Waals surface area contributed by atoms with Crippen molar-refractivity contribution in [2.45, 2.75) is 69.3 Å². The van der Waals surface area contributed by atoms with Gasteiger partial charge in [0, 0.05) is 19.0 Å². The van der Waals surface area contributed by atoms with Gasteiger partial charge in [-0.3, -0.25) is 4.79 Å². The summed E-state index contributed by atoms with van der Waals surface area (Å²) in [7, 11) is -3.55. The number of piperidine rings is 1. The van der Waals surface area contributed by atoms with Crippen molar-refractivity contribution in [3.8, 4) is 5.75 Å². The molecule has 0 unspecified atom stereocenters. The van der Waals surface area contributed by atoms with Gasteiger partial charge in [0.05, 0.1) is 16.7 Å². The number of hydrogen-bond acceptors (Lipinski definition) is 4. The first-order valence-corrected chi connectivity index (χ1v) is 13.5. The van der Waals surface area contributed by atoms with Gasteiger partial charge in [0.1, 0.15) is 5.75 Å². The molecule has 1 aliphatic heterocycles. The minimum atomic E-state index is -3.55. The number of para-hydroxylation sites is 2. The molecular weight excluding hydrogens is 436 g/mol. The molecule has 178 valence electrons. The van der Waals surface area contributed by atoms with Crippen LogP contribution >= 0.6 is 0 Å². The van der Waals surface area contributed by atoms with Crippen molar-refractivity contribution in [2.75, 3.05) is 18.4 Å². The number of sulfonamides is 1. The fourth-order valence-electron chi connectivity index (χ4n) is 4.63. The summed E-state index contributed by atoms with van der Waals surface area (Å²) in [5.41, 5.74) is 1.80. The van der Waals surface area contributed by atoms with Gasteiger partial charge in [-0.2, -0.15) is 4.31 Å². The zero-order valence-electron chi connectivity index (χ0n) is 19.5. The number of hydrogen-bond donors (Lipinski definition) is 1. The molecule has 7 heteroatoms. The SMILES string of the molecule is CC(C)c1ccc(S(=O)(=O)N2CCC(C(=O)Nc3ccccc3OC3CCCC3)CC2)cc1. The first-order chi connectivity index (χ1) is 15.8. The maximum Gasteiger partial charge on any atom is 0.243 e. The third-order valence-electron chi connectivity index (χ3n) is 6.75. The Morgan fingerprint density at radius 2 is 1.61 bits per heavy atom. The fourth-order valence-corrected chi connectivity index (χ4v) is 6.10. The number of carbonyl (C=O) groups excluding carboxylic acids is 1. The molecule has 6 nitrogen and oxygen atoms in total. The average Bonchev–Trinajstić information content (AvgIpc) is 3.33. The van der Waals surface area contributed by atoms with Crippen LogP contribution in [0.25, 0.3) is 0 Å². The topological polar surface area (TPSA) is 75.7 Å². The summed E-state index contributed by atoms with van der Waals surface area (Å²) in [6, 6.07) is 14.7. The summed E-state index contributed by atoms with van der Waals surface area (Å²) < 4.78 is 33.7. The van der Waals surface area contributed by atoms with Gasteiger partial charge in [0.15, 0.2) is 0 Å². The summed E-state index contributed by atoms with van der Waals surface area (Å²) in [6.45, 7) is 4.84. The molecule has 2 fully saturated rings. The molecule has 1 amide bonds. The molecule has 0 spiro atoms. The third kappa shape index (κ3) is 5.58. The lowest BCUT2D eigenvalue weighted by molar-refractivity contribution is -0.120. The summed E-state index contributed by atoms with van der Waals surface area (Å²) >= 11 is 0. The number of nitrogens with one attached hydrogen (secondary N) is 1. The highest BCUT2D eigenvalue weighted by Gasteiger charge is 2.32. The van der Waals surface area contributed by atoms with Crippen LogP contribution in [0.5, 0.6) is 5.75 Å². The summed E-state index contributed by atoms with van der Waals surface area (Å²) in [4.78, 5) is 13.3. The van der Waals surface area contributed by atoms with Crippen LogP contribution in [0.15, 0.2) is 53.4 Å². The van der Waals surface area contributed by atoms with Gasteiger partial charge in [0.25, 0.3) is 0 Å². The lowest BCUT2D eigenvalue weighted by Crippen LogP contribution is -2.41. The molecule has 1 N–H and O–H groups in total. The van der Waals surface area contributed by atoms with Crippen LogP contribution in [0.3, 0.4) is 0 Å². The van der Waals surface area contributed by atoms with E-state index < -0.39 is 10.0 Å². The van der Waals surface area contributed by atoms with Crippen LogP contribution in [-0.4, -0.2) is 37.8 Å². The highest BCUT2D eigenvalue weighted by Crippen LogP contribution is 2.31. The van der Waals surface area contributed by atoms with E-state index >= 15 is 0 Å². The minimum Gasteiger partial charge on any atom is -0.488 e. The zero-order valence-corrected chi connectivity index (χ0v) is 20.3. The first kappa shape index (κ1) is 23.8. The molecule has 1 aliphatic carbocycles. The molecule has 4 rings (SSSR count). The van der Waals surface area contributed by atoms with E-state index in [1.54, 1.807) is 12.1 Å². The second-order valence-corrected chi connectivity index (χ2v) is 11.3. The number of anilines is 1. The molecule has 1 heterocycles. The Labute approximate surface area is 197 Å². The molecule has 2 aromatic carbocycles. The molecular formula is C26H34N2O4S. The summed E-state index contributed by atoms with van der Waals surface area (Å²) in [5.74, 6) is 0.766. The summed E-state index contributed by atoms with van der Waals surface area (Å²) in [6.07, 6.45) is 5.68. The van der Waals surface area contributed by atoms with Gasteiger partial charge < -0.3 is 10.1 Å². The standard InChI is InChI=1S/C26H34N2O4S/c1-19(2)20-11-13-23(14-12-20)33(30,31)28-17-15-21(16-18-28)26(29)27-24-9-5-6-10-25(24)32-22-7-3-4-8-22/h5-6,9-14,19,21-22H,3-4,7-8,15-18H2,1-2H3,(H,27,29). The van der Waals surface area contributed by atoms with Crippen LogP contribution in [0.2, 0.25) is 0 Å². The molecule has 33 heavy (non-hydrogen) atoms. The van der Waals surface area contributed by atoms with E-state index in [0.29, 0.717) is 48.2 Å². The number of ether oxygens (including phenoxy) is 1. The summed E-state index contributed by atoms with van der Waals surface area (Å²) in [5, 5.41) is 3.02. The van der Waals surface area contributed by atoms with Crippen molar-refractivity contribution in [3.05, 3.63) is 54.1 Å². The lowest BCUT2D eigenvalue weighted by Gasteiger charge is -2.30.